The molecule has 0 aliphatic rings. The van der Waals surface area contributed by atoms with Crippen molar-refractivity contribution >= 4 is 17.1 Å². The van der Waals surface area contributed by atoms with Crippen molar-refractivity contribution < 1.29 is 9.53 Å². The Balaban J connectivity index is 2.39. The molecule has 0 fully saturated rings. The Hall–Kier alpha value is -1.68. The smallest absolute Gasteiger partial charge is 0.171 e. The molecule has 4 heteroatoms. The zero-order valence-electron chi connectivity index (χ0n) is 10.7. The summed E-state index contributed by atoms with van der Waals surface area (Å²) in [7, 11) is 0. The van der Waals surface area contributed by atoms with Gasteiger partial charge in [0.2, 0.25) is 0 Å². The number of carbonyl (C=O) groups is 1. The molecule has 3 nitrogen and oxygen atoms in total. The van der Waals surface area contributed by atoms with Crippen LogP contribution in [0.2, 0.25) is 0 Å². The molecule has 0 saturated heterocycles. The Kier molecular flexibility index (Phi) is 3.77. The summed E-state index contributed by atoms with van der Waals surface area (Å²) in [6.45, 7) is 6.02. The Labute approximate surface area is 110 Å². The highest BCUT2D eigenvalue weighted by molar-refractivity contribution is 7.17. The highest BCUT2D eigenvalue weighted by atomic mass is 32.1. The molecule has 2 rings (SSSR count). The fourth-order valence-corrected chi connectivity index (χ4v) is 2.69. The minimum Gasteiger partial charge on any atom is -0.494 e. The predicted molar refractivity (Wildman–Crippen MR) is 73.5 cm³/mol. The first kappa shape index (κ1) is 12.8. The summed E-state index contributed by atoms with van der Waals surface area (Å²) in [5.41, 5.74) is 1.78. The number of carbonyl (C=O) groups excluding carboxylic acids is 1. The van der Waals surface area contributed by atoms with Crippen LogP contribution in [-0.2, 0) is 0 Å². The fraction of sp³-hybridized carbons (Fsp3) is 0.286. The van der Waals surface area contributed by atoms with Crippen LogP contribution >= 0.6 is 11.3 Å². The van der Waals surface area contributed by atoms with Gasteiger partial charge in [0, 0.05) is 12.5 Å². The normalized spacial score (nSPS) is 10.4. The van der Waals surface area contributed by atoms with Gasteiger partial charge in [-0.2, -0.15) is 0 Å². The average molecular weight is 261 g/mol. The number of thiazole rings is 1. The monoisotopic (exact) mass is 261 g/mol. The Morgan fingerprint density at radius 1 is 1.44 bits per heavy atom. The lowest BCUT2D eigenvalue weighted by molar-refractivity contribution is 0.102. The first-order valence-electron chi connectivity index (χ1n) is 5.83. The molecule has 0 amide bonds. The van der Waals surface area contributed by atoms with E-state index in [1.54, 1.807) is 6.92 Å². The SMILES string of the molecule is CCOc1cccc(-c2nc(C)c(C(C)=O)s2)c1. The van der Waals surface area contributed by atoms with E-state index in [1.165, 1.54) is 11.3 Å². The van der Waals surface area contributed by atoms with E-state index in [0.29, 0.717) is 6.61 Å². The maximum atomic E-state index is 11.4. The minimum atomic E-state index is 0.0669. The number of ether oxygens (including phenoxy) is 1. The maximum absolute atomic E-state index is 11.4. The summed E-state index contributed by atoms with van der Waals surface area (Å²) in [6.07, 6.45) is 0. The molecular formula is C14H15NO2S. The number of rotatable bonds is 4. The molecule has 0 radical (unpaired) electrons. The molecule has 0 atom stereocenters. The van der Waals surface area contributed by atoms with Crippen molar-refractivity contribution in [2.75, 3.05) is 6.61 Å². The third-order valence-corrected chi connectivity index (χ3v) is 3.82. The number of ketones is 1. The number of hydrogen-bond donors (Lipinski definition) is 0. The number of aromatic nitrogens is 1. The first-order valence-corrected chi connectivity index (χ1v) is 6.65. The lowest BCUT2D eigenvalue weighted by Crippen LogP contribution is -1.91. The van der Waals surface area contributed by atoms with Gasteiger partial charge in [0.05, 0.1) is 17.2 Å². The molecule has 0 saturated carbocycles. The van der Waals surface area contributed by atoms with Crippen molar-refractivity contribution in [3.05, 3.63) is 34.8 Å². The molecule has 1 heterocycles. The average Bonchev–Trinajstić information content (AvgIpc) is 2.72. The van der Waals surface area contributed by atoms with Gasteiger partial charge in [0.1, 0.15) is 10.8 Å². The Morgan fingerprint density at radius 2 is 2.22 bits per heavy atom. The van der Waals surface area contributed by atoms with Crippen molar-refractivity contribution in [1.29, 1.82) is 0 Å². The highest BCUT2D eigenvalue weighted by Crippen LogP contribution is 2.30. The van der Waals surface area contributed by atoms with Crippen LogP contribution in [0.15, 0.2) is 24.3 Å². The van der Waals surface area contributed by atoms with Crippen LogP contribution < -0.4 is 4.74 Å². The van der Waals surface area contributed by atoms with Gasteiger partial charge < -0.3 is 4.74 Å². The lowest BCUT2D eigenvalue weighted by atomic mass is 10.2. The van der Waals surface area contributed by atoms with Gasteiger partial charge in [0.15, 0.2) is 5.78 Å². The number of aryl methyl sites for hydroxylation is 1. The van der Waals surface area contributed by atoms with Gasteiger partial charge in [0.25, 0.3) is 0 Å². The second kappa shape index (κ2) is 5.31. The van der Waals surface area contributed by atoms with Gasteiger partial charge in [-0.25, -0.2) is 4.98 Å². The zero-order chi connectivity index (χ0) is 13.1. The quantitative estimate of drug-likeness (QED) is 0.787. The summed E-state index contributed by atoms with van der Waals surface area (Å²) in [5.74, 6) is 0.893. The summed E-state index contributed by atoms with van der Waals surface area (Å²) in [5, 5.41) is 0.860. The zero-order valence-corrected chi connectivity index (χ0v) is 11.5. The molecule has 0 spiro atoms. The fourth-order valence-electron chi connectivity index (χ4n) is 1.73. The van der Waals surface area contributed by atoms with Crippen molar-refractivity contribution in [3.63, 3.8) is 0 Å². The summed E-state index contributed by atoms with van der Waals surface area (Å²) >= 11 is 1.43. The largest absolute Gasteiger partial charge is 0.494 e. The number of hydrogen-bond acceptors (Lipinski definition) is 4. The van der Waals surface area contributed by atoms with Gasteiger partial charge in [-0.15, -0.1) is 11.3 Å². The number of nitrogens with zero attached hydrogens (tertiary/aromatic N) is 1. The van der Waals surface area contributed by atoms with Crippen molar-refractivity contribution in [3.8, 4) is 16.3 Å². The van der Waals surface area contributed by atoms with Crippen molar-refractivity contribution in [1.82, 2.24) is 4.98 Å². The van der Waals surface area contributed by atoms with E-state index in [2.05, 4.69) is 4.98 Å². The molecule has 1 aromatic carbocycles. The molecule has 94 valence electrons. The van der Waals surface area contributed by atoms with Crippen LogP contribution in [0, 0.1) is 6.92 Å². The van der Waals surface area contributed by atoms with E-state index in [1.807, 2.05) is 38.1 Å². The Bertz CT molecular complexity index is 575. The van der Waals surface area contributed by atoms with E-state index in [4.69, 9.17) is 4.74 Å². The van der Waals surface area contributed by atoms with Gasteiger partial charge in [-0.3, -0.25) is 4.79 Å². The molecule has 1 aromatic heterocycles. The van der Waals surface area contributed by atoms with Crippen molar-refractivity contribution in [2.24, 2.45) is 0 Å². The lowest BCUT2D eigenvalue weighted by Gasteiger charge is -2.03. The molecule has 2 aromatic rings. The number of benzene rings is 1. The van der Waals surface area contributed by atoms with Crippen LogP contribution in [-0.4, -0.2) is 17.4 Å². The molecule has 0 aliphatic heterocycles. The van der Waals surface area contributed by atoms with E-state index in [9.17, 15) is 4.79 Å². The molecule has 0 aliphatic carbocycles. The molecule has 0 bridgehead atoms. The van der Waals surface area contributed by atoms with Gasteiger partial charge in [-0.1, -0.05) is 12.1 Å². The molecule has 0 N–H and O–H groups in total. The Morgan fingerprint density at radius 3 is 2.83 bits per heavy atom. The van der Waals surface area contributed by atoms with Crippen LogP contribution in [0.5, 0.6) is 5.75 Å². The standard InChI is InChI=1S/C14H15NO2S/c1-4-17-12-7-5-6-11(8-12)14-15-9(2)13(18-14)10(3)16/h5-8H,4H2,1-3H3. The van der Waals surface area contributed by atoms with E-state index in [-0.39, 0.29) is 5.78 Å². The van der Waals surface area contributed by atoms with Crippen molar-refractivity contribution in [2.45, 2.75) is 20.8 Å². The van der Waals surface area contributed by atoms with E-state index < -0.39 is 0 Å². The predicted octanol–water partition coefficient (Wildman–Crippen LogP) is 3.72. The third kappa shape index (κ3) is 2.59. The van der Waals surface area contributed by atoms with Crippen LogP contribution in [0.4, 0.5) is 0 Å². The van der Waals surface area contributed by atoms with E-state index in [0.717, 1.165) is 26.9 Å². The third-order valence-electron chi connectivity index (χ3n) is 2.51. The highest BCUT2D eigenvalue weighted by Gasteiger charge is 2.12. The summed E-state index contributed by atoms with van der Waals surface area (Å²) in [6, 6.07) is 7.78. The van der Waals surface area contributed by atoms with Crippen LogP contribution in [0.25, 0.3) is 10.6 Å². The first-order chi connectivity index (χ1) is 8.61. The second-order valence-electron chi connectivity index (χ2n) is 3.95. The maximum Gasteiger partial charge on any atom is 0.171 e. The summed E-state index contributed by atoms with van der Waals surface area (Å²) < 4.78 is 5.46. The number of Topliss-reactive ketones (excluding diaryl/α,β-unsaturated/α-hetero) is 1. The van der Waals surface area contributed by atoms with E-state index >= 15 is 0 Å². The topological polar surface area (TPSA) is 39.2 Å². The minimum absolute atomic E-state index is 0.0669. The van der Waals surface area contributed by atoms with Gasteiger partial charge in [-0.05, 0) is 26.0 Å². The van der Waals surface area contributed by atoms with Crippen LogP contribution in [0.1, 0.15) is 29.2 Å². The van der Waals surface area contributed by atoms with Gasteiger partial charge >= 0.3 is 0 Å². The second-order valence-corrected chi connectivity index (χ2v) is 4.95. The molecule has 18 heavy (non-hydrogen) atoms. The summed E-state index contributed by atoms with van der Waals surface area (Å²) in [4.78, 5) is 16.6. The molecular weight excluding hydrogens is 246 g/mol. The molecule has 0 unspecified atom stereocenters. The van der Waals surface area contributed by atoms with Crippen LogP contribution in [0.3, 0.4) is 0 Å².